The third kappa shape index (κ3) is 2.90. The van der Waals surface area contributed by atoms with Crippen molar-refractivity contribution in [2.45, 2.75) is 10.6 Å². The fourth-order valence-electron chi connectivity index (χ4n) is 1.65. The van der Waals surface area contributed by atoms with Gasteiger partial charge in [-0.15, -0.1) is 0 Å². The summed E-state index contributed by atoms with van der Waals surface area (Å²) < 4.78 is 24.6. The van der Waals surface area contributed by atoms with E-state index in [4.69, 9.17) is 22.6 Å². The number of hydrogen-bond acceptors (Lipinski definition) is 5. The number of halogens is 1. The fraction of sp³-hybridized carbons (Fsp3) is 0.0769. The van der Waals surface area contributed by atoms with Gasteiger partial charge in [0.05, 0.1) is 21.4 Å². The third-order valence-electron chi connectivity index (χ3n) is 2.67. The van der Waals surface area contributed by atoms with E-state index in [1.54, 1.807) is 12.1 Å². The lowest BCUT2D eigenvalue weighted by Crippen LogP contribution is -2.07. The minimum Gasteiger partial charge on any atom is -0.398 e. The van der Waals surface area contributed by atoms with Gasteiger partial charge in [-0.3, -0.25) is 0 Å². The summed E-state index contributed by atoms with van der Waals surface area (Å²) in [6, 6.07) is 9.13. The van der Waals surface area contributed by atoms with Crippen molar-refractivity contribution in [3.63, 3.8) is 0 Å². The van der Waals surface area contributed by atoms with E-state index in [0.717, 1.165) is 0 Å². The van der Waals surface area contributed by atoms with Crippen LogP contribution in [0.1, 0.15) is 11.3 Å². The summed E-state index contributed by atoms with van der Waals surface area (Å²) >= 11 is 5.83. The first-order valence-electron chi connectivity index (χ1n) is 5.56. The number of rotatable bonds is 3. The summed E-state index contributed by atoms with van der Waals surface area (Å²) in [5.41, 5.74) is 6.31. The fourth-order valence-corrected chi connectivity index (χ4v) is 3.27. The number of nitriles is 1. The molecule has 7 heteroatoms. The molecule has 0 radical (unpaired) electrons. The maximum Gasteiger partial charge on any atom is 0.182 e. The van der Waals surface area contributed by atoms with E-state index in [2.05, 4.69) is 4.98 Å². The molecule has 5 nitrogen and oxygen atoms in total. The smallest absolute Gasteiger partial charge is 0.182 e. The van der Waals surface area contributed by atoms with Crippen LogP contribution in [-0.4, -0.2) is 13.4 Å². The molecule has 1 aromatic heterocycles. The lowest BCUT2D eigenvalue weighted by Gasteiger charge is -2.07. The molecule has 0 bridgehead atoms. The van der Waals surface area contributed by atoms with Crippen molar-refractivity contribution in [1.82, 2.24) is 4.98 Å². The van der Waals surface area contributed by atoms with Crippen molar-refractivity contribution in [3.05, 3.63) is 52.8 Å². The first-order valence-corrected chi connectivity index (χ1v) is 7.59. The Balaban J connectivity index is 2.41. The number of anilines is 1. The molecule has 1 heterocycles. The lowest BCUT2D eigenvalue weighted by molar-refractivity contribution is 0.595. The summed E-state index contributed by atoms with van der Waals surface area (Å²) in [4.78, 5) is 3.89. The molecular formula is C13H10ClN3O2S. The van der Waals surface area contributed by atoms with Gasteiger partial charge < -0.3 is 5.73 Å². The van der Waals surface area contributed by atoms with Gasteiger partial charge in [0.25, 0.3) is 0 Å². The number of nitrogen functional groups attached to an aromatic ring is 1. The van der Waals surface area contributed by atoms with Gasteiger partial charge in [-0.05, 0) is 24.3 Å². The number of pyridine rings is 1. The molecule has 0 saturated heterocycles. The maximum atomic E-state index is 12.3. The third-order valence-corrected chi connectivity index (χ3v) is 4.66. The zero-order chi connectivity index (χ0) is 14.8. The molecule has 102 valence electrons. The Morgan fingerprint density at radius 1 is 1.35 bits per heavy atom. The first-order chi connectivity index (χ1) is 9.44. The molecule has 2 aromatic rings. The second-order valence-corrected chi connectivity index (χ2v) is 6.46. The van der Waals surface area contributed by atoms with E-state index in [-0.39, 0.29) is 21.4 Å². The molecule has 0 aliphatic heterocycles. The van der Waals surface area contributed by atoms with Gasteiger partial charge in [0.15, 0.2) is 9.84 Å². The minimum absolute atomic E-state index is 0.0597. The van der Waals surface area contributed by atoms with Crippen LogP contribution in [0.2, 0.25) is 5.02 Å². The van der Waals surface area contributed by atoms with E-state index in [1.807, 2.05) is 6.07 Å². The second-order valence-electron chi connectivity index (χ2n) is 4.07. The summed E-state index contributed by atoms with van der Waals surface area (Å²) in [5, 5.41) is 9.10. The Bertz CT molecular complexity index is 798. The van der Waals surface area contributed by atoms with Crippen LogP contribution in [0.3, 0.4) is 0 Å². The number of hydrogen-bond donors (Lipinski definition) is 1. The molecule has 0 spiro atoms. The number of sulfone groups is 1. The van der Waals surface area contributed by atoms with E-state index in [9.17, 15) is 8.42 Å². The topological polar surface area (TPSA) is 96.8 Å². The van der Waals surface area contributed by atoms with Gasteiger partial charge in [-0.2, -0.15) is 5.26 Å². The summed E-state index contributed by atoms with van der Waals surface area (Å²) in [6.45, 7) is 0. The molecule has 0 fully saturated rings. The predicted octanol–water partition coefficient (Wildman–Crippen LogP) is 2.16. The SMILES string of the molecule is N#Cc1ncccc1CS(=O)(=O)c1ccc(N)c(Cl)c1. The van der Waals surface area contributed by atoms with E-state index in [1.165, 1.54) is 24.4 Å². The van der Waals surface area contributed by atoms with Crippen LogP contribution < -0.4 is 5.73 Å². The van der Waals surface area contributed by atoms with Gasteiger partial charge in [0.1, 0.15) is 11.8 Å². The Morgan fingerprint density at radius 3 is 2.75 bits per heavy atom. The van der Waals surface area contributed by atoms with Gasteiger partial charge in [-0.1, -0.05) is 17.7 Å². The monoisotopic (exact) mass is 307 g/mol. The molecular weight excluding hydrogens is 298 g/mol. The molecule has 1 aromatic carbocycles. The molecule has 0 atom stereocenters. The van der Waals surface area contributed by atoms with Crippen LogP contribution in [0.25, 0.3) is 0 Å². The molecule has 2 N–H and O–H groups in total. The highest BCUT2D eigenvalue weighted by Gasteiger charge is 2.18. The predicted molar refractivity (Wildman–Crippen MR) is 75.7 cm³/mol. The van der Waals surface area contributed by atoms with E-state index < -0.39 is 9.84 Å². The molecule has 20 heavy (non-hydrogen) atoms. The zero-order valence-corrected chi connectivity index (χ0v) is 11.8. The van der Waals surface area contributed by atoms with Crippen molar-refractivity contribution in [2.75, 3.05) is 5.73 Å². The largest absolute Gasteiger partial charge is 0.398 e. The van der Waals surface area contributed by atoms with Gasteiger partial charge >= 0.3 is 0 Å². The lowest BCUT2D eigenvalue weighted by atomic mass is 10.2. The molecule has 0 saturated carbocycles. The number of benzene rings is 1. The normalized spacial score (nSPS) is 11.0. The Hall–Kier alpha value is -2.10. The highest BCUT2D eigenvalue weighted by molar-refractivity contribution is 7.90. The minimum atomic E-state index is -3.62. The van der Waals surface area contributed by atoms with Gasteiger partial charge in [-0.25, -0.2) is 13.4 Å². The summed E-state index contributed by atoms with van der Waals surface area (Å²) in [5.74, 6) is -0.315. The Morgan fingerprint density at radius 2 is 2.10 bits per heavy atom. The van der Waals surface area contributed by atoms with Crippen molar-refractivity contribution in [2.24, 2.45) is 0 Å². The van der Waals surface area contributed by atoms with Crippen molar-refractivity contribution >= 4 is 27.1 Å². The van der Waals surface area contributed by atoms with Gasteiger partial charge in [0, 0.05) is 11.8 Å². The number of aromatic nitrogens is 1. The van der Waals surface area contributed by atoms with Crippen LogP contribution >= 0.6 is 11.6 Å². The molecule has 0 unspecified atom stereocenters. The maximum absolute atomic E-state index is 12.3. The van der Waals surface area contributed by atoms with Crippen molar-refractivity contribution in [3.8, 4) is 6.07 Å². The molecule has 2 rings (SSSR count). The van der Waals surface area contributed by atoms with Gasteiger partial charge in [0.2, 0.25) is 0 Å². The highest BCUT2D eigenvalue weighted by atomic mass is 35.5. The average Bonchev–Trinajstić information content (AvgIpc) is 2.42. The van der Waals surface area contributed by atoms with Crippen LogP contribution in [-0.2, 0) is 15.6 Å². The average molecular weight is 308 g/mol. The van der Waals surface area contributed by atoms with Crippen molar-refractivity contribution < 1.29 is 8.42 Å². The van der Waals surface area contributed by atoms with Crippen molar-refractivity contribution in [1.29, 1.82) is 5.26 Å². The van der Waals surface area contributed by atoms with Crippen LogP contribution in [0.4, 0.5) is 5.69 Å². The Labute approximate surface area is 121 Å². The second kappa shape index (κ2) is 5.49. The number of nitrogens with two attached hydrogens (primary N) is 1. The van der Waals surface area contributed by atoms with E-state index >= 15 is 0 Å². The first kappa shape index (κ1) is 14.3. The zero-order valence-electron chi connectivity index (χ0n) is 10.2. The quantitative estimate of drug-likeness (QED) is 0.876. The standard InChI is InChI=1S/C13H10ClN3O2S/c14-11-6-10(3-4-12(11)16)20(18,19)8-9-2-1-5-17-13(9)7-15/h1-6H,8,16H2. The molecule has 0 aliphatic rings. The van der Waals surface area contributed by atoms with Crippen LogP contribution in [0, 0.1) is 11.3 Å². The summed E-state index contributed by atoms with van der Waals surface area (Å²) in [6.07, 6.45) is 1.44. The Kier molecular flexibility index (Phi) is 3.93. The summed E-state index contributed by atoms with van der Waals surface area (Å²) in [7, 11) is -3.62. The van der Waals surface area contributed by atoms with Crippen LogP contribution in [0.5, 0.6) is 0 Å². The number of nitrogens with zero attached hydrogens (tertiary/aromatic N) is 2. The molecule has 0 amide bonds. The highest BCUT2D eigenvalue weighted by Crippen LogP contribution is 2.25. The van der Waals surface area contributed by atoms with Crippen LogP contribution in [0.15, 0.2) is 41.4 Å². The molecule has 0 aliphatic carbocycles. The van der Waals surface area contributed by atoms with E-state index in [0.29, 0.717) is 11.3 Å².